The second-order valence-corrected chi connectivity index (χ2v) is 21.6. The van der Waals surface area contributed by atoms with Crippen LogP contribution in [0.3, 0.4) is 0 Å². The van der Waals surface area contributed by atoms with Gasteiger partial charge in [-0.1, -0.05) is 276 Å². The molecule has 0 radical (unpaired) electrons. The van der Waals surface area contributed by atoms with Crippen molar-refractivity contribution in [3.05, 3.63) is 146 Å². The van der Waals surface area contributed by atoms with Crippen molar-refractivity contribution >= 4 is 17.9 Å². The summed E-state index contributed by atoms with van der Waals surface area (Å²) in [5.41, 5.74) is 0. The summed E-state index contributed by atoms with van der Waals surface area (Å²) in [5, 5.41) is 0. The Bertz CT molecular complexity index is 1760. The molecule has 0 rings (SSSR count). The van der Waals surface area contributed by atoms with E-state index in [1.165, 1.54) is 89.9 Å². The molecule has 0 saturated carbocycles. The highest BCUT2D eigenvalue weighted by Crippen LogP contribution is 2.15. The fraction of sp³-hybridized carbons (Fsp3) is 0.640. The quantitative estimate of drug-likeness (QED) is 0.0261. The normalized spacial score (nSPS) is 13.1. The van der Waals surface area contributed by atoms with E-state index in [2.05, 4.69) is 167 Å². The minimum absolute atomic E-state index is 0.0984. The summed E-state index contributed by atoms with van der Waals surface area (Å²) >= 11 is 0. The number of ether oxygens (including phenoxy) is 3. The molecule has 81 heavy (non-hydrogen) atoms. The molecule has 1 atom stereocenters. The van der Waals surface area contributed by atoms with E-state index < -0.39 is 6.10 Å². The minimum atomic E-state index is -0.805. The molecule has 0 aromatic rings. The standard InChI is InChI=1S/C75H122O6/c1-4-7-10-13-16-19-22-25-28-31-33-35-36-37-38-40-41-44-47-50-53-56-59-62-65-68-74(77)80-71-72(70-79-73(76)67-64-61-58-55-52-49-46-43-30-27-24-21-18-15-12-9-6-3)81-75(78)69-66-63-60-57-54-51-48-45-42-39-34-32-29-26-23-20-17-14-11-8-5-2/h7,9-10,12,16,18-19,21,23,25-28,30,32-35,37-38,41-42,44-45,72H,4-6,8,11,13-15,17,20,22,24,29,31,36,39-40,43,46-71H2,1-3H3/b10-7-,12-9-,19-16-,21-18-,26-23-,28-25-,30-27-,34-32-,35-33-,38-37-,44-41-,45-42-. The predicted molar refractivity (Wildman–Crippen MR) is 352 cm³/mol. The molecule has 0 N–H and O–H groups in total. The van der Waals surface area contributed by atoms with Crippen LogP contribution in [0.4, 0.5) is 0 Å². The van der Waals surface area contributed by atoms with Crippen molar-refractivity contribution in [2.75, 3.05) is 13.2 Å². The predicted octanol–water partition coefficient (Wildman–Crippen LogP) is 23.1. The molecule has 0 amide bonds. The maximum Gasteiger partial charge on any atom is 0.306 e. The molecule has 6 heteroatoms. The summed E-state index contributed by atoms with van der Waals surface area (Å²) < 4.78 is 16.9. The van der Waals surface area contributed by atoms with Crippen LogP contribution in [-0.2, 0) is 28.6 Å². The third-order valence-corrected chi connectivity index (χ3v) is 13.8. The van der Waals surface area contributed by atoms with Gasteiger partial charge in [0.1, 0.15) is 13.2 Å². The average molecular weight is 1120 g/mol. The number of esters is 3. The van der Waals surface area contributed by atoms with Gasteiger partial charge in [0.05, 0.1) is 0 Å². The van der Waals surface area contributed by atoms with Crippen LogP contribution >= 0.6 is 0 Å². The van der Waals surface area contributed by atoms with Crippen LogP contribution in [0.1, 0.15) is 290 Å². The van der Waals surface area contributed by atoms with Crippen LogP contribution in [0.25, 0.3) is 0 Å². The molecule has 0 aromatic heterocycles. The number of hydrogen-bond acceptors (Lipinski definition) is 6. The Morgan fingerprint density at radius 1 is 0.259 bits per heavy atom. The first-order valence-electron chi connectivity index (χ1n) is 33.3. The third-order valence-electron chi connectivity index (χ3n) is 13.8. The van der Waals surface area contributed by atoms with E-state index in [1.54, 1.807) is 0 Å². The van der Waals surface area contributed by atoms with Crippen molar-refractivity contribution < 1.29 is 28.6 Å². The zero-order valence-corrected chi connectivity index (χ0v) is 52.5. The van der Waals surface area contributed by atoms with Gasteiger partial charge in [-0.25, -0.2) is 0 Å². The van der Waals surface area contributed by atoms with Gasteiger partial charge < -0.3 is 14.2 Å². The van der Waals surface area contributed by atoms with E-state index in [9.17, 15) is 14.4 Å². The van der Waals surface area contributed by atoms with E-state index >= 15 is 0 Å². The van der Waals surface area contributed by atoms with Gasteiger partial charge in [-0.3, -0.25) is 14.4 Å². The Morgan fingerprint density at radius 2 is 0.481 bits per heavy atom. The summed E-state index contributed by atoms with van der Waals surface area (Å²) in [5.74, 6) is -0.932. The molecule has 1 unspecified atom stereocenters. The third kappa shape index (κ3) is 66.0. The molecule has 458 valence electrons. The minimum Gasteiger partial charge on any atom is -0.462 e. The Kier molecular flexibility index (Phi) is 63.9. The molecule has 0 aliphatic carbocycles. The SMILES string of the molecule is CC/C=C\C/C=C\C/C=C\C/C=C\C/C=C\C/C=C\CCCCCCCCC(=O)OCC(COC(=O)CCCCCCCCC/C=C\C/C=C\C/C=C\CC)OC(=O)CCCCCCCC/C=C\C/C=C\C/C=C\CCCCCCC. The zero-order chi connectivity index (χ0) is 58.5. The van der Waals surface area contributed by atoms with Gasteiger partial charge >= 0.3 is 17.9 Å². The van der Waals surface area contributed by atoms with E-state index in [0.717, 1.165) is 161 Å². The van der Waals surface area contributed by atoms with Crippen LogP contribution in [0.15, 0.2) is 146 Å². The van der Waals surface area contributed by atoms with Crippen molar-refractivity contribution in [3.8, 4) is 0 Å². The van der Waals surface area contributed by atoms with Crippen molar-refractivity contribution in [2.45, 2.75) is 297 Å². The molecular formula is C75H122O6. The van der Waals surface area contributed by atoms with Gasteiger partial charge in [-0.2, -0.15) is 0 Å². The average Bonchev–Trinajstić information content (AvgIpc) is 3.47. The summed E-state index contributed by atoms with van der Waals surface area (Å²) in [4.78, 5) is 38.4. The monoisotopic (exact) mass is 1120 g/mol. The van der Waals surface area contributed by atoms with Crippen LogP contribution in [0.5, 0.6) is 0 Å². The molecule has 0 aliphatic rings. The van der Waals surface area contributed by atoms with E-state index in [-0.39, 0.29) is 31.1 Å². The number of unbranched alkanes of at least 4 members (excludes halogenated alkanes) is 24. The first kappa shape index (κ1) is 76.3. The maximum atomic E-state index is 12.9. The number of rotatable bonds is 59. The molecule has 0 spiro atoms. The summed E-state index contributed by atoms with van der Waals surface area (Å²) in [6.45, 7) is 6.38. The van der Waals surface area contributed by atoms with Crippen LogP contribution in [-0.4, -0.2) is 37.2 Å². The Balaban J connectivity index is 4.47. The van der Waals surface area contributed by atoms with Gasteiger partial charge in [0.2, 0.25) is 0 Å². The van der Waals surface area contributed by atoms with Gasteiger partial charge in [-0.15, -0.1) is 0 Å². The lowest BCUT2D eigenvalue weighted by Crippen LogP contribution is -2.30. The van der Waals surface area contributed by atoms with Crippen molar-refractivity contribution in [1.29, 1.82) is 0 Å². The highest BCUT2D eigenvalue weighted by atomic mass is 16.6. The van der Waals surface area contributed by atoms with Crippen LogP contribution < -0.4 is 0 Å². The molecule has 0 fully saturated rings. The highest BCUT2D eigenvalue weighted by Gasteiger charge is 2.19. The van der Waals surface area contributed by atoms with E-state index in [1.807, 2.05) is 0 Å². The number of allylic oxidation sites excluding steroid dienone is 24. The lowest BCUT2D eigenvalue weighted by molar-refractivity contribution is -0.167. The molecule has 6 nitrogen and oxygen atoms in total. The first-order valence-corrected chi connectivity index (χ1v) is 33.3. The fourth-order valence-electron chi connectivity index (χ4n) is 8.88. The summed E-state index contributed by atoms with van der Waals surface area (Å²) in [6, 6.07) is 0. The summed E-state index contributed by atoms with van der Waals surface area (Å²) in [7, 11) is 0. The molecule has 0 bridgehead atoms. The van der Waals surface area contributed by atoms with E-state index in [4.69, 9.17) is 14.2 Å². The Labute approximate surface area is 499 Å². The molecular weight excluding hydrogens is 997 g/mol. The van der Waals surface area contributed by atoms with E-state index in [0.29, 0.717) is 19.3 Å². The first-order chi connectivity index (χ1) is 40.0. The van der Waals surface area contributed by atoms with Gasteiger partial charge in [0.25, 0.3) is 0 Å². The van der Waals surface area contributed by atoms with Crippen molar-refractivity contribution in [3.63, 3.8) is 0 Å². The number of hydrogen-bond donors (Lipinski definition) is 0. The lowest BCUT2D eigenvalue weighted by atomic mass is 10.1. The molecule has 0 aliphatic heterocycles. The Hall–Kier alpha value is -4.71. The number of carbonyl (C=O) groups excluding carboxylic acids is 3. The van der Waals surface area contributed by atoms with Gasteiger partial charge in [-0.05, 0) is 141 Å². The second kappa shape index (κ2) is 67.8. The topological polar surface area (TPSA) is 78.9 Å². The molecule has 0 aromatic carbocycles. The van der Waals surface area contributed by atoms with Crippen molar-refractivity contribution in [2.24, 2.45) is 0 Å². The molecule has 0 heterocycles. The number of carbonyl (C=O) groups is 3. The zero-order valence-electron chi connectivity index (χ0n) is 52.5. The smallest absolute Gasteiger partial charge is 0.306 e. The van der Waals surface area contributed by atoms with Gasteiger partial charge in [0, 0.05) is 19.3 Å². The highest BCUT2D eigenvalue weighted by molar-refractivity contribution is 5.71. The van der Waals surface area contributed by atoms with Crippen molar-refractivity contribution in [1.82, 2.24) is 0 Å². The van der Waals surface area contributed by atoms with Crippen LogP contribution in [0, 0.1) is 0 Å². The maximum absolute atomic E-state index is 12.9. The Morgan fingerprint density at radius 3 is 0.753 bits per heavy atom. The van der Waals surface area contributed by atoms with Gasteiger partial charge in [0.15, 0.2) is 6.10 Å². The lowest BCUT2D eigenvalue weighted by Gasteiger charge is -2.18. The molecule has 0 saturated heterocycles. The second-order valence-electron chi connectivity index (χ2n) is 21.6. The fourth-order valence-corrected chi connectivity index (χ4v) is 8.88. The largest absolute Gasteiger partial charge is 0.462 e. The van der Waals surface area contributed by atoms with Crippen LogP contribution in [0.2, 0.25) is 0 Å². The summed E-state index contributed by atoms with van der Waals surface area (Å²) in [6.07, 6.45) is 97.0.